The van der Waals surface area contributed by atoms with Crippen molar-refractivity contribution >= 4 is 0 Å². The summed E-state index contributed by atoms with van der Waals surface area (Å²) in [5, 5.41) is 71.2. The number of aliphatic hydroxyl groups is 8. The molecule has 0 saturated carbocycles. The van der Waals surface area contributed by atoms with Gasteiger partial charge in [0.15, 0.2) is 0 Å². The maximum absolute atomic E-state index is 9.25. The molecule has 0 amide bonds. The summed E-state index contributed by atoms with van der Waals surface area (Å²) in [6, 6.07) is 0. The zero-order valence-electron chi connectivity index (χ0n) is 8.78. The van der Waals surface area contributed by atoms with Gasteiger partial charge in [0.25, 0.3) is 5.79 Å². The van der Waals surface area contributed by atoms with E-state index in [9.17, 15) is 15.3 Å². The highest BCUT2D eigenvalue weighted by Gasteiger charge is 2.64. The zero-order chi connectivity index (χ0) is 13.2. The molecule has 0 heterocycles. The molecular weight excluding hydrogens is 224 g/mol. The zero-order valence-corrected chi connectivity index (χ0v) is 8.78. The maximum atomic E-state index is 9.25. The van der Waals surface area contributed by atoms with Crippen LogP contribution >= 0.6 is 0 Å². The van der Waals surface area contributed by atoms with Gasteiger partial charge in [-0.3, -0.25) is 0 Å². The minimum absolute atomic E-state index is 0.234. The van der Waals surface area contributed by atoms with Gasteiger partial charge in [0.2, 0.25) is 0 Å². The molecule has 16 heavy (non-hydrogen) atoms. The molecule has 8 heteroatoms. The molecule has 8 N–H and O–H groups in total. The van der Waals surface area contributed by atoms with E-state index in [0.717, 1.165) is 0 Å². The summed E-state index contributed by atoms with van der Waals surface area (Å²) < 4.78 is 0. The summed E-state index contributed by atoms with van der Waals surface area (Å²) in [4.78, 5) is 0. The first-order chi connectivity index (χ1) is 6.98. The topological polar surface area (TPSA) is 162 Å². The number of unbranched alkanes of at least 4 members (excludes halogenated alkanes) is 1. The summed E-state index contributed by atoms with van der Waals surface area (Å²) in [5.41, 5.74) is 0. The molecule has 0 radical (unpaired) electrons. The molecule has 0 fully saturated rings. The molecule has 1 atom stereocenters. The van der Waals surface area contributed by atoms with E-state index >= 15 is 0 Å². The van der Waals surface area contributed by atoms with Crippen molar-refractivity contribution in [2.24, 2.45) is 0 Å². The molecule has 0 aromatic heterocycles. The summed E-state index contributed by atoms with van der Waals surface area (Å²) in [6.45, 7) is 1.74. The monoisotopic (exact) mass is 242 g/mol. The second-order valence-electron chi connectivity index (χ2n) is 3.69. The first kappa shape index (κ1) is 15.7. The molecule has 0 aromatic carbocycles. The van der Waals surface area contributed by atoms with Crippen molar-refractivity contribution in [1.82, 2.24) is 0 Å². The fourth-order valence-corrected chi connectivity index (χ4v) is 1.08. The van der Waals surface area contributed by atoms with Crippen LogP contribution in [0.15, 0.2) is 0 Å². The second-order valence-corrected chi connectivity index (χ2v) is 3.69. The summed E-state index contributed by atoms with van der Waals surface area (Å²) in [5.74, 6) is -12.0. The highest BCUT2D eigenvalue weighted by Crippen LogP contribution is 2.30. The third-order valence-electron chi connectivity index (χ3n) is 2.28. The van der Waals surface area contributed by atoms with Gasteiger partial charge in [-0.25, -0.2) is 0 Å². The van der Waals surface area contributed by atoms with E-state index in [1.807, 2.05) is 0 Å². The van der Waals surface area contributed by atoms with Crippen LogP contribution in [-0.4, -0.2) is 64.5 Å². The summed E-state index contributed by atoms with van der Waals surface area (Å²) >= 11 is 0. The van der Waals surface area contributed by atoms with Crippen molar-refractivity contribution in [2.45, 2.75) is 49.8 Å². The van der Waals surface area contributed by atoms with Gasteiger partial charge in [-0.2, -0.15) is 0 Å². The molecule has 0 bridgehead atoms. The van der Waals surface area contributed by atoms with E-state index in [1.165, 1.54) is 0 Å². The lowest BCUT2D eigenvalue weighted by Gasteiger charge is -2.41. The number of hydrogen-bond acceptors (Lipinski definition) is 8. The van der Waals surface area contributed by atoms with Crippen LogP contribution < -0.4 is 0 Å². The van der Waals surface area contributed by atoms with E-state index < -0.39 is 23.7 Å². The number of aliphatic hydroxyl groups excluding tert-OH is 1. The van der Waals surface area contributed by atoms with Gasteiger partial charge in [-0.15, -0.1) is 0 Å². The van der Waals surface area contributed by atoms with E-state index in [2.05, 4.69) is 0 Å². The molecule has 0 spiro atoms. The quantitative estimate of drug-likeness (QED) is 0.223. The molecule has 0 aliphatic rings. The Bertz CT molecular complexity index is 219. The molecule has 0 aliphatic heterocycles. The van der Waals surface area contributed by atoms with Crippen LogP contribution in [0.2, 0.25) is 0 Å². The Morgan fingerprint density at radius 3 is 1.69 bits per heavy atom. The largest absolute Gasteiger partial charge is 0.387 e. The lowest BCUT2D eigenvalue weighted by molar-refractivity contribution is -0.517. The van der Waals surface area contributed by atoms with Gasteiger partial charge in [0, 0.05) is 0 Å². The van der Waals surface area contributed by atoms with Gasteiger partial charge >= 0.3 is 11.8 Å². The van der Waals surface area contributed by atoms with Crippen LogP contribution in [-0.2, 0) is 0 Å². The van der Waals surface area contributed by atoms with Crippen LogP contribution in [0.1, 0.15) is 26.2 Å². The van der Waals surface area contributed by atoms with E-state index in [0.29, 0.717) is 12.8 Å². The Hall–Kier alpha value is -0.320. The first-order valence-corrected chi connectivity index (χ1v) is 4.73. The molecule has 0 aromatic rings. The van der Waals surface area contributed by atoms with E-state index in [4.69, 9.17) is 25.5 Å². The smallest absolute Gasteiger partial charge is 0.338 e. The third-order valence-corrected chi connectivity index (χ3v) is 2.28. The SMILES string of the molecule is CCCCC(O)C(O)(O)C(O)(O)C(O)(O)O. The number of rotatable bonds is 6. The molecule has 0 aliphatic carbocycles. The van der Waals surface area contributed by atoms with Crippen molar-refractivity contribution in [2.75, 3.05) is 0 Å². The van der Waals surface area contributed by atoms with Gasteiger partial charge in [0.05, 0.1) is 0 Å². The van der Waals surface area contributed by atoms with E-state index in [1.54, 1.807) is 6.92 Å². The first-order valence-electron chi connectivity index (χ1n) is 4.73. The van der Waals surface area contributed by atoms with Gasteiger partial charge < -0.3 is 40.9 Å². The van der Waals surface area contributed by atoms with Crippen LogP contribution in [0, 0.1) is 0 Å². The van der Waals surface area contributed by atoms with Crippen molar-refractivity contribution in [3.8, 4) is 0 Å². The van der Waals surface area contributed by atoms with Crippen LogP contribution in [0.5, 0.6) is 0 Å². The normalized spacial score (nSPS) is 16.3. The predicted octanol–water partition coefficient (Wildman–Crippen LogP) is -3.47. The predicted molar refractivity (Wildman–Crippen MR) is 49.3 cm³/mol. The van der Waals surface area contributed by atoms with Crippen molar-refractivity contribution in [3.63, 3.8) is 0 Å². The Kier molecular flexibility index (Phi) is 4.80. The molecule has 8 nitrogen and oxygen atoms in total. The molecule has 1 unspecified atom stereocenters. The van der Waals surface area contributed by atoms with Gasteiger partial charge in [-0.1, -0.05) is 19.8 Å². The average Bonchev–Trinajstić information content (AvgIpc) is 2.11. The lowest BCUT2D eigenvalue weighted by atomic mass is 9.94. The highest BCUT2D eigenvalue weighted by atomic mass is 16.7. The summed E-state index contributed by atoms with van der Waals surface area (Å²) in [6.07, 6.45) is -1.40. The Morgan fingerprint density at radius 1 is 0.938 bits per heavy atom. The fraction of sp³-hybridized carbons (Fsp3) is 1.00. The highest BCUT2D eigenvalue weighted by molar-refractivity contribution is 4.92. The van der Waals surface area contributed by atoms with Crippen molar-refractivity contribution in [3.05, 3.63) is 0 Å². The summed E-state index contributed by atoms with van der Waals surface area (Å²) in [7, 11) is 0. The average molecular weight is 242 g/mol. The molecule has 0 saturated heterocycles. The molecule has 98 valence electrons. The lowest BCUT2D eigenvalue weighted by Crippen LogP contribution is -2.72. The van der Waals surface area contributed by atoms with Crippen molar-refractivity contribution in [1.29, 1.82) is 0 Å². The minimum atomic E-state index is -4.19. The number of hydrogen-bond donors (Lipinski definition) is 8. The van der Waals surface area contributed by atoms with Crippen LogP contribution in [0.4, 0.5) is 0 Å². The Balaban J connectivity index is 4.89. The fourth-order valence-electron chi connectivity index (χ4n) is 1.08. The maximum Gasteiger partial charge on any atom is 0.338 e. The molecule has 0 rings (SSSR count). The molecular formula is C8H18O8. The van der Waals surface area contributed by atoms with Gasteiger partial charge in [0.1, 0.15) is 6.10 Å². The Labute approximate surface area is 91.6 Å². The second kappa shape index (κ2) is 4.90. The minimum Gasteiger partial charge on any atom is -0.387 e. The van der Waals surface area contributed by atoms with Crippen LogP contribution in [0.25, 0.3) is 0 Å². The van der Waals surface area contributed by atoms with Crippen LogP contribution in [0.3, 0.4) is 0 Å². The van der Waals surface area contributed by atoms with E-state index in [-0.39, 0.29) is 6.42 Å². The van der Waals surface area contributed by atoms with Crippen molar-refractivity contribution < 1.29 is 40.9 Å². The third kappa shape index (κ3) is 2.87. The Morgan fingerprint density at radius 2 is 1.38 bits per heavy atom. The standard InChI is InChI=1S/C8H18O8/c1-2-3-4-5(9)6(10,11)7(12,13)8(14,15)16/h5,9-16H,2-4H2,1H3. The van der Waals surface area contributed by atoms with Gasteiger partial charge in [-0.05, 0) is 6.42 Å².